The molecular formula is C22H29N10O12P2+. The van der Waals surface area contributed by atoms with Gasteiger partial charge in [0.2, 0.25) is 0 Å². The van der Waals surface area contributed by atoms with Gasteiger partial charge in [0.25, 0.3) is 6.35 Å². The molecule has 6 unspecified atom stereocenters. The van der Waals surface area contributed by atoms with Crippen LogP contribution < -0.4 is 11.5 Å². The van der Waals surface area contributed by atoms with Crippen LogP contribution in [0.5, 0.6) is 0 Å². The van der Waals surface area contributed by atoms with E-state index in [0.717, 1.165) is 0 Å². The van der Waals surface area contributed by atoms with Gasteiger partial charge in [-0.1, -0.05) is 0 Å². The molecule has 46 heavy (non-hydrogen) atoms. The molecule has 0 aliphatic carbocycles. The number of hydrogen-bond donors (Lipinski definition) is 7. The highest BCUT2D eigenvalue weighted by Gasteiger charge is 2.49. The van der Waals surface area contributed by atoms with Gasteiger partial charge < -0.3 is 55.2 Å². The normalized spacial score (nSPS) is 29.9. The Morgan fingerprint density at radius 1 is 0.870 bits per heavy atom. The van der Waals surface area contributed by atoms with E-state index < -0.39 is 90.6 Å². The molecule has 0 saturated carbocycles. The van der Waals surface area contributed by atoms with Crippen molar-refractivity contribution in [2.75, 3.05) is 37.4 Å². The number of ether oxygens (including phenoxy) is 4. The van der Waals surface area contributed by atoms with Gasteiger partial charge in [0.15, 0.2) is 35.4 Å². The molecule has 0 aromatic carbocycles. The number of aliphatic hydroxyl groups is 3. The van der Waals surface area contributed by atoms with Crippen LogP contribution in [0.15, 0.2) is 25.3 Å². The van der Waals surface area contributed by atoms with E-state index in [9.17, 15) is 34.2 Å². The lowest BCUT2D eigenvalue weighted by atomic mass is 10.1. The van der Waals surface area contributed by atoms with Gasteiger partial charge >= 0.3 is 15.6 Å². The monoisotopic (exact) mass is 687 g/mol. The molecule has 4 aromatic heterocycles. The first-order valence-electron chi connectivity index (χ1n) is 13.5. The summed E-state index contributed by atoms with van der Waals surface area (Å²) in [6.45, 7) is -1.24. The van der Waals surface area contributed by atoms with Gasteiger partial charge in [-0.15, -0.1) is 0 Å². The van der Waals surface area contributed by atoms with Crippen LogP contribution in [-0.2, 0) is 32.6 Å². The van der Waals surface area contributed by atoms with Crippen LogP contribution in [-0.4, -0.2) is 127 Å². The molecule has 9 N–H and O–H groups in total. The van der Waals surface area contributed by atoms with E-state index in [4.69, 9.17) is 34.9 Å². The second kappa shape index (κ2) is 13.0. The maximum atomic E-state index is 13.1. The standard InChI is InChI=1S/C22H28N10O12P2/c23-17-11-19(27-3-25-17)31(5-29-11)21-14(35)15(40-7-45(36)37)10(44-21)2-42-46(38,39)8-41-16-13(34)9(1-33)43-22(16)32-6-30-12-18(24)26-4-28-20(12)32/h3-6,9-10,13-16,21-22,33-35H,1-2,7-8H2,(H5-,23,24,25,26,27,28,36,37,38,39)/p+1/t9-,10-,13?,14?,15?,16?,21-,22-/m1/s1. The van der Waals surface area contributed by atoms with Crippen molar-refractivity contribution in [2.45, 2.75) is 49.1 Å². The number of aromatic nitrogens is 8. The second-order valence-electron chi connectivity index (χ2n) is 10.3. The highest BCUT2D eigenvalue weighted by atomic mass is 31.2. The van der Waals surface area contributed by atoms with Crippen LogP contribution >= 0.6 is 15.6 Å². The zero-order chi connectivity index (χ0) is 32.7. The molecule has 248 valence electrons. The van der Waals surface area contributed by atoms with E-state index in [2.05, 4.69) is 29.9 Å². The number of nitrogen functional groups attached to an aromatic ring is 2. The van der Waals surface area contributed by atoms with Gasteiger partial charge in [0.1, 0.15) is 66.7 Å². The lowest BCUT2D eigenvalue weighted by Crippen LogP contribution is -2.37. The van der Waals surface area contributed by atoms with Gasteiger partial charge in [0.05, 0.1) is 25.9 Å². The third-order valence-electron chi connectivity index (χ3n) is 7.37. The van der Waals surface area contributed by atoms with E-state index >= 15 is 0 Å². The molecule has 10 atom stereocenters. The highest BCUT2D eigenvalue weighted by Crippen LogP contribution is 2.46. The minimum absolute atomic E-state index is 0.0753. The molecule has 4 aromatic rings. The predicted molar refractivity (Wildman–Crippen MR) is 151 cm³/mol. The molecule has 22 nitrogen and oxygen atoms in total. The van der Waals surface area contributed by atoms with Crippen LogP contribution in [0.3, 0.4) is 0 Å². The summed E-state index contributed by atoms with van der Waals surface area (Å²) in [6.07, 6.45) is -6.89. The summed E-state index contributed by atoms with van der Waals surface area (Å²) < 4.78 is 55.1. The van der Waals surface area contributed by atoms with Crippen LogP contribution in [0.25, 0.3) is 22.3 Å². The Morgan fingerprint density at radius 2 is 1.46 bits per heavy atom. The van der Waals surface area contributed by atoms with Gasteiger partial charge in [-0.3, -0.25) is 13.7 Å². The van der Waals surface area contributed by atoms with Crippen molar-refractivity contribution in [1.29, 1.82) is 0 Å². The Kier molecular flexibility index (Phi) is 9.22. The summed E-state index contributed by atoms with van der Waals surface area (Å²) in [5, 5.41) is 31.5. The Labute approximate surface area is 258 Å². The molecule has 2 aliphatic heterocycles. The van der Waals surface area contributed by atoms with Crippen molar-refractivity contribution in [2.24, 2.45) is 0 Å². The molecule has 2 saturated heterocycles. The van der Waals surface area contributed by atoms with Crippen LogP contribution in [0.2, 0.25) is 0 Å². The van der Waals surface area contributed by atoms with Gasteiger partial charge in [-0.05, 0) is 4.57 Å². The van der Waals surface area contributed by atoms with Crippen LogP contribution in [0, 0.1) is 0 Å². The molecule has 2 fully saturated rings. The van der Waals surface area contributed by atoms with Gasteiger partial charge in [-0.2, -0.15) is 4.89 Å². The highest BCUT2D eigenvalue weighted by molar-refractivity contribution is 7.52. The largest absolute Gasteiger partial charge is 0.534 e. The maximum absolute atomic E-state index is 13.1. The molecule has 0 bridgehead atoms. The summed E-state index contributed by atoms with van der Waals surface area (Å²) in [7, 11) is -7.39. The third-order valence-corrected chi connectivity index (χ3v) is 8.77. The summed E-state index contributed by atoms with van der Waals surface area (Å²) in [5.41, 5.74) is 12.6. The van der Waals surface area contributed by atoms with E-state index in [1.54, 1.807) is 0 Å². The first kappa shape index (κ1) is 32.6. The van der Waals surface area contributed by atoms with E-state index in [1.165, 1.54) is 34.4 Å². The van der Waals surface area contributed by atoms with Crippen molar-refractivity contribution < 1.29 is 57.7 Å². The fraction of sp³-hybridized carbons (Fsp3) is 0.545. The van der Waals surface area contributed by atoms with E-state index in [-0.39, 0.29) is 34.0 Å². The van der Waals surface area contributed by atoms with Crippen molar-refractivity contribution in [3.63, 3.8) is 0 Å². The Hall–Kier alpha value is -3.37. The smallest absolute Gasteiger partial charge is 0.394 e. The second-order valence-corrected chi connectivity index (χ2v) is 13.0. The topological polar surface area (TPSA) is 321 Å². The first-order chi connectivity index (χ1) is 22.0. The zero-order valence-electron chi connectivity index (χ0n) is 23.5. The van der Waals surface area contributed by atoms with E-state index in [0.29, 0.717) is 0 Å². The molecule has 0 radical (unpaired) electrons. The van der Waals surface area contributed by atoms with Gasteiger partial charge in [-0.25, -0.2) is 29.9 Å². The summed E-state index contributed by atoms with van der Waals surface area (Å²) in [4.78, 5) is 44.2. The first-order valence-corrected chi connectivity index (χ1v) is 16.6. The number of anilines is 2. The Bertz CT molecular complexity index is 1780. The number of hydrogen-bond acceptors (Lipinski definition) is 18. The zero-order valence-corrected chi connectivity index (χ0v) is 25.3. The minimum atomic E-state index is -4.62. The lowest BCUT2D eigenvalue weighted by Gasteiger charge is -2.24. The molecule has 0 amide bonds. The molecule has 24 heteroatoms. The van der Waals surface area contributed by atoms with Crippen LogP contribution in [0.1, 0.15) is 12.5 Å². The SMILES string of the molecule is Nc1ncnc2c1ncn2[C@@H]1O[C@H](COP(=O)(O)COC2C(O)[C@@H](CO)O[C@H]2n2cnc3c(N)ncnc32)C(OC[P+](=O)O)C1O. The fourth-order valence-electron chi connectivity index (χ4n) is 5.23. The Balaban J connectivity index is 1.16. The molecular weight excluding hydrogens is 658 g/mol. The van der Waals surface area contributed by atoms with Crippen LogP contribution in [0.4, 0.5) is 11.6 Å². The molecule has 2 aliphatic rings. The van der Waals surface area contributed by atoms with Crippen molar-refractivity contribution in [3.8, 4) is 0 Å². The lowest BCUT2D eigenvalue weighted by molar-refractivity contribution is -0.0672. The summed E-state index contributed by atoms with van der Waals surface area (Å²) in [6, 6.07) is 0. The van der Waals surface area contributed by atoms with Crippen molar-refractivity contribution in [3.05, 3.63) is 25.3 Å². The molecule has 6 heterocycles. The molecule has 0 spiro atoms. The number of aliphatic hydroxyl groups excluding tert-OH is 3. The number of nitrogens with two attached hydrogens (primary N) is 2. The van der Waals surface area contributed by atoms with Gasteiger partial charge in [0, 0.05) is 0 Å². The predicted octanol–water partition coefficient (Wildman–Crippen LogP) is -2.04. The number of rotatable bonds is 12. The maximum Gasteiger partial charge on any atom is 0.534 e. The molecule has 6 rings (SSSR count). The Morgan fingerprint density at radius 3 is 2.04 bits per heavy atom. The van der Waals surface area contributed by atoms with E-state index in [1.807, 2.05) is 0 Å². The van der Waals surface area contributed by atoms with Crippen molar-refractivity contribution >= 4 is 49.6 Å². The fourth-order valence-corrected chi connectivity index (χ4v) is 6.35. The summed E-state index contributed by atoms with van der Waals surface area (Å²) >= 11 is 0. The van der Waals surface area contributed by atoms with Crippen molar-refractivity contribution in [1.82, 2.24) is 39.0 Å². The quantitative estimate of drug-likeness (QED) is 0.0789. The minimum Gasteiger partial charge on any atom is -0.394 e. The average Bonchev–Trinajstić information content (AvgIpc) is 3.78. The number of imidazole rings is 2. The number of fused-ring (bicyclic) bond motifs is 2. The average molecular weight is 687 g/mol. The summed E-state index contributed by atoms with van der Waals surface area (Å²) in [5.74, 6) is 0.159. The third kappa shape index (κ3) is 6.18. The number of nitrogens with zero attached hydrogens (tertiary/aromatic N) is 8.